The van der Waals surface area contributed by atoms with E-state index in [9.17, 15) is 4.79 Å². The Kier molecular flexibility index (Phi) is 4.24. The van der Waals surface area contributed by atoms with Gasteiger partial charge in [0.25, 0.3) is 0 Å². The number of hydrogen-bond acceptors (Lipinski definition) is 6. The lowest BCUT2D eigenvalue weighted by Crippen LogP contribution is -2.02. The van der Waals surface area contributed by atoms with Gasteiger partial charge in [0, 0.05) is 16.9 Å². The normalized spacial score (nSPS) is 10.1. The number of para-hydroxylation sites is 1. The van der Waals surface area contributed by atoms with Crippen LogP contribution in [0.25, 0.3) is 0 Å². The highest BCUT2D eigenvalue weighted by molar-refractivity contribution is 5.94. The Morgan fingerprint density at radius 3 is 2.30 bits per heavy atom. The first-order valence-electron chi connectivity index (χ1n) is 7.10. The number of aromatic nitrogens is 3. The van der Waals surface area contributed by atoms with Gasteiger partial charge in [-0.2, -0.15) is 10.1 Å². The average Bonchev–Trinajstić information content (AvgIpc) is 2.57. The summed E-state index contributed by atoms with van der Waals surface area (Å²) in [5, 5.41) is 14.1. The molecule has 0 amide bonds. The van der Waals surface area contributed by atoms with E-state index >= 15 is 0 Å². The van der Waals surface area contributed by atoms with Gasteiger partial charge >= 0.3 is 0 Å². The fourth-order valence-corrected chi connectivity index (χ4v) is 2.00. The van der Waals surface area contributed by atoms with E-state index in [0.29, 0.717) is 17.3 Å². The van der Waals surface area contributed by atoms with Crippen molar-refractivity contribution in [3.63, 3.8) is 0 Å². The summed E-state index contributed by atoms with van der Waals surface area (Å²) in [6, 6.07) is 16.8. The molecule has 2 aromatic carbocycles. The van der Waals surface area contributed by atoms with Crippen LogP contribution in [0, 0.1) is 0 Å². The molecule has 0 fully saturated rings. The molecule has 2 N–H and O–H groups in total. The number of carbonyl (C=O) groups excluding carboxylic acids is 1. The monoisotopic (exact) mass is 305 g/mol. The molecular weight excluding hydrogens is 290 g/mol. The Balaban J connectivity index is 1.73. The number of nitrogens with zero attached hydrogens (tertiary/aromatic N) is 3. The van der Waals surface area contributed by atoms with Crippen LogP contribution in [0.2, 0.25) is 0 Å². The summed E-state index contributed by atoms with van der Waals surface area (Å²) in [5.74, 6) is 0.999. The third kappa shape index (κ3) is 3.88. The van der Waals surface area contributed by atoms with Crippen molar-refractivity contribution in [2.24, 2.45) is 0 Å². The quantitative estimate of drug-likeness (QED) is 0.702. The summed E-state index contributed by atoms with van der Waals surface area (Å²) in [4.78, 5) is 15.6. The van der Waals surface area contributed by atoms with Gasteiger partial charge in [0.15, 0.2) is 11.6 Å². The lowest BCUT2D eigenvalue weighted by atomic mass is 10.1. The summed E-state index contributed by atoms with van der Waals surface area (Å²) in [6.07, 6.45) is 1.55. The van der Waals surface area contributed by atoms with E-state index in [0.717, 1.165) is 11.4 Å². The minimum absolute atomic E-state index is 0.0310. The van der Waals surface area contributed by atoms with E-state index in [2.05, 4.69) is 25.8 Å². The van der Waals surface area contributed by atoms with E-state index in [1.54, 1.807) is 30.5 Å². The molecule has 0 bridgehead atoms. The van der Waals surface area contributed by atoms with Crippen molar-refractivity contribution >= 4 is 28.9 Å². The molecule has 0 spiro atoms. The van der Waals surface area contributed by atoms with Crippen molar-refractivity contribution < 1.29 is 4.79 Å². The molecule has 114 valence electrons. The first kappa shape index (κ1) is 14.6. The first-order chi connectivity index (χ1) is 11.2. The van der Waals surface area contributed by atoms with Gasteiger partial charge in [0.1, 0.15) is 0 Å². The van der Waals surface area contributed by atoms with E-state index < -0.39 is 0 Å². The second-order valence-corrected chi connectivity index (χ2v) is 4.91. The lowest BCUT2D eigenvalue weighted by Gasteiger charge is -2.07. The van der Waals surface area contributed by atoms with Crippen molar-refractivity contribution in [3.8, 4) is 0 Å². The number of hydrogen-bond donors (Lipinski definition) is 2. The molecule has 3 aromatic rings. The highest BCUT2D eigenvalue weighted by Gasteiger charge is 2.03. The second kappa shape index (κ2) is 6.65. The van der Waals surface area contributed by atoms with Crippen LogP contribution in [0.3, 0.4) is 0 Å². The van der Waals surface area contributed by atoms with E-state index in [1.165, 1.54) is 6.92 Å². The van der Waals surface area contributed by atoms with Crippen LogP contribution in [0.1, 0.15) is 17.3 Å². The molecular formula is C17H15N5O. The van der Waals surface area contributed by atoms with Crippen molar-refractivity contribution in [2.75, 3.05) is 10.6 Å². The number of anilines is 4. The Morgan fingerprint density at radius 2 is 1.61 bits per heavy atom. The molecule has 0 radical (unpaired) electrons. The minimum atomic E-state index is 0.0310. The first-order valence-corrected chi connectivity index (χ1v) is 7.10. The van der Waals surface area contributed by atoms with Gasteiger partial charge in [-0.15, -0.1) is 5.10 Å². The van der Waals surface area contributed by atoms with Crippen LogP contribution in [0.15, 0.2) is 60.8 Å². The number of rotatable bonds is 5. The Labute approximate surface area is 133 Å². The second-order valence-electron chi connectivity index (χ2n) is 4.91. The van der Waals surface area contributed by atoms with E-state index in [1.807, 2.05) is 30.3 Å². The predicted octanol–water partition coefficient (Wildman–Crippen LogP) is 3.56. The molecule has 0 unspecified atom stereocenters. The number of nitrogens with one attached hydrogen (secondary N) is 2. The third-order valence-electron chi connectivity index (χ3n) is 3.15. The van der Waals surface area contributed by atoms with Gasteiger partial charge in [-0.3, -0.25) is 4.79 Å². The number of Topliss-reactive ketones (excluding diaryl/α,β-unsaturated/α-hetero) is 1. The maximum atomic E-state index is 11.3. The van der Waals surface area contributed by atoms with Gasteiger partial charge in [-0.25, -0.2) is 0 Å². The van der Waals surface area contributed by atoms with Crippen molar-refractivity contribution in [1.29, 1.82) is 0 Å². The van der Waals surface area contributed by atoms with Gasteiger partial charge in [0.05, 0.1) is 6.20 Å². The Hall–Kier alpha value is -3.28. The summed E-state index contributed by atoms with van der Waals surface area (Å²) < 4.78 is 0. The summed E-state index contributed by atoms with van der Waals surface area (Å²) in [5.41, 5.74) is 2.37. The standard InChI is InChI=1S/C17H15N5O/c1-12(23)13-7-9-15(10-8-13)20-17-21-16(11-18-22-17)19-14-5-3-2-4-6-14/h2-11H,1H3,(H2,19,20,21,22). The van der Waals surface area contributed by atoms with Crippen LogP contribution in [-0.2, 0) is 0 Å². The molecule has 1 heterocycles. The maximum absolute atomic E-state index is 11.3. The highest BCUT2D eigenvalue weighted by atomic mass is 16.1. The molecule has 23 heavy (non-hydrogen) atoms. The number of benzene rings is 2. The van der Waals surface area contributed by atoms with Crippen LogP contribution in [-0.4, -0.2) is 21.0 Å². The SMILES string of the molecule is CC(=O)c1ccc(Nc2nncc(Nc3ccccc3)n2)cc1. The fraction of sp³-hybridized carbons (Fsp3) is 0.0588. The summed E-state index contributed by atoms with van der Waals surface area (Å²) in [6.45, 7) is 1.54. The van der Waals surface area contributed by atoms with Gasteiger partial charge in [0.2, 0.25) is 5.95 Å². The molecule has 0 aliphatic rings. The lowest BCUT2D eigenvalue weighted by molar-refractivity contribution is 0.101. The molecule has 0 saturated heterocycles. The molecule has 0 saturated carbocycles. The highest BCUT2D eigenvalue weighted by Crippen LogP contribution is 2.17. The minimum Gasteiger partial charge on any atom is -0.339 e. The Bertz CT molecular complexity index is 803. The predicted molar refractivity (Wildman–Crippen MR) is 89.3 cm³/mol. The van der Waals surface area contributed by atoms with Gasteiger partial charge < -0.3 is 10.6 Å². The zero-order valence-corrected chi connectivity index (χ0v) is 12.5. The molecule has 1 aromatic heterocycles. The maximum Gasteiger partial charge on any atom is 0.249 e. The van der Waals surface area contributed by atoms with Crippen LogP contribution < -0.4 is 10.6 Å². The van der Waals surface area contributed by atoms with Crippen molar-refractivity contribution in [3.05, 3.63) is 66.4 Å². The third-order valence-corrected chi connectivity index (χ3v) is 3.15. The van der Waals surface area contributed by atoms with Crippen molar-refractivity contribution in [1.82, 2.24) is 15.2 Å². The van der Waals surface area contributed by atoms with Crippen molar-refractivity contribution in [2.45, 2.75) is 6.92 Å². The molecule has 0 aliphatic heterocycles. The molecule has 0 aliphatic carbocycles. The van der Waals surface area contributed by atoms with Crippen LogP contribution >= 0.6 is 0 Å². The van der Waals surface area contributed by atoms with E-state index in [4.69, 9.17) is 0 Å². The molecule has 3 rings (SSSR count). The summed E-state index contributed by atoms with van der Waals surface area (Å²) >= 11 is 0. The largest absolute Gasteiger partial charge is 0.339 e. The molecule has 0 atom stereocenters. The average molecular weight is 305 g/mol. The van der Waals surface area contributed by atoms with Gasteiger partial charge in [-0.05, 0) is 43.3 Å². The zero-order valence-electron chi connectivity index (χ0n) is 12.5. The number of ketones is 1. The topological polar surface area (TPSA) is 79.8 Å². The molecule has 6 heteroatoms. The van der Waals surface area contributed by atoms with Crippen LogP contribution in [0.5, 0.6) is 0 Å². The smallest absolute Gasteiger partial charge is 0.249 e. The Morgan fingerprint density at radius 1 is 0.913 bits per heavy atom. The fourth-order valence-electron chi connectivity index (χ4n) is 2.00. The zero-order chi connectivity index (χ0) is 16.1. The molecule has 6 nitrogen and oxygen atoms in total. The summed E-state index contributed by atoms with van der Waals surface area (Å²) in [7, 11) is 0. The van der Waals surface area contributed by atoms with Crippen LogP contribution in [0.4, 0.5) is 23.1 Å². The number of carbonyl (C=O) groups is 1. The van der Waals surface area contributed by atoms with E-state index in [-0.39, 0.29) is 5.78 Å². The van der Waals surface area contributed by atoms with Gasteiger partial charge in [-0.1, -0.05) is 18.2 Å².